The molecule has 0 bridgehead atoms. The van der Waals surface area contributed by atoms with Crippen molar-refractivity contribution < 1.29 is 4.79 Å². The van der Waals surface area contributed by atoms with Crippen molar-refractivity contribution in [1.29, 1.82) is 0 Å². The Morgan fingerprint density at radius 3 is 2.74 bits per heavy atom. The third-order valence-electron chi connectivity index (χ3n) is 3.18. The summed E-state index contributed by atoms with van der Waals surface area (Å²) in [4.78, 5) is 15.9. The van der Waals surface area contributed by atoms with Gasteiger partial charge in [0.2, 0.25) is 0 Å². The van der Waals surface area contributed by atoms with Gasteiger partial charge in [-0.25, -0.2) is 0 Å². The molecule has 0 aliphatic heterocycles. The molecule has 0 spiro atoms. The molecule has 2 rings (SSSR count). The second-order valence-electron chi connectivity index (χ2n) is 4.61. The van der Waals surface area contributed by atoms with Gasteiger partial charge in [-0.3, -0.25) is 9.78 Å². The number of nitrogens with zero attached hydrogens (tertiary/aromatic N) is 1. The van der Waals surface area contributed by atoms with Gasteiger partial charge in [-0.15, -0.1) is 0 Å². The van der Waals surface area contributed by atoms with Crippen molar-refractivity contribution in [3.63, 3.8) is 0 Å². The van der Waals surface area contributed by atoms with Crippen molar-refractivity contribution in [3.8, 4) is 0 Å². The number of carbonyl (C=O) groups excluding carboxylic acids is 1. The van der Waals surface area contributed by atoms with Gasteiger partial charge in [0.1, 0.15) is 5.78 Å². The molecule has 0 atom stereocenters. The number of aryl methyl sites for hydroxylation is 2. The SMILES string of the molecule is Cc1ccccc1CCC(=O)Cc1ccncc1Cl. The fourth-order valence-corrected chi connectivity index (χ4v) is 2.20. The molecule has 1 aromatic carbocycles. The Morgan fingerprint density at radius 2 is 2.00 bits per heavy atom. The number of aromatic nitrogens is 1. The van der Waals surface area contributed by atoms with Crippen molar-refractivity contribution in [2.45, 2.75) is 26.2 Å². The van der Waals surface area contributed by atoms with E-state index in [2.05, 4.69) is 24.0 Å². The van der Waals surface area contributed by atoms with E-state index in [1.165, 1.54) is 11.1 Å². The molecule has 2 aromatic rings. The van der Waals surface area contributed by atoms with Gasteiger partial charge in [0, 0.05) is 25.2 Å². The van der Waals surface area contributed by atoms with Crippen LogP contribution in [0.4, 0.5) is 0 Å². The Bertz CT molecular complexity index is 580. The van der Waals surface area contributed by atoms with E-state index in [4.69, 9.17) is 11.6 Å². The van der Waals surface area contributed by atoms with Crippen LogP contribution in [0.25, 0.3) is 0 Å². The van der Waals surface area contributed by atoms with Crippen LogP contribution in [0.2, 0.25) is 5.02 Å². The molecule has 0 unspecified atom stereocenters. The monoisotopic (exact) mass is 273 g/mol. The molecule has 0 radical (unpaired) electrons. The zero-order chi connectivity index (χ0) is 13.7. The maximum absolute atomic E-state index is 12.0. The molecule has 0 aliphatic carbocycles. The molecule has 98 valence electrons. The van der Waals surface area contributed by atoms with E-state index in [1.54, 1.807) is 18.5 Å². The molecule has 0 saturated heterocycles. The van der Waals surface area contributed by atoms with E-state index in [1.807, 2.05) is 12.1 Å². The fraction of sp³-hybridized carbons (Fsp3) is 0.250. The van der Waals surface area contributed by atoms with Crippen molar-refractivity contribution in [3.05, 3.63) is 64.4 Å². The molecule has 2 nitrogen and oxygen atoms in total. The maximum Gasteiger partial charge on any atom is 0.137 e. The largest absolute Gasteiger partial charge is 0.299 e. The maximum atomic E-state index is 12.0. The predicted octanol–water partition coefficient (Wildman–Crippen LogP) is 3.79. The van der Waals surface area contributed by atoms with Gasteiger partial charge in [-0.05, 0) is 36.1 Å². The number of hydrogen-bond acceptors (Lipinski definition) is 2. The third kappa shape index (κ3) is 3.90. The van der Waals surface area contributed by atoms with Crippen LogP contribution in [0.5, 0.6) is 0 Å². The zero-order valence-corrected chi connectivity index (χ0v) is 11.7. The van der Waals surface area contributed by atoms with Gasteiger partial charge < -0.3 is 0 Å². The molecular formula is C16H16ClNO. The minimum Gasteiger partial charge on any atom is -0.299 e. The van der Waals surface area contributed by atoms with E-state index in [9.17, 15) is 4.79 Å². The van der Waals surface area contributed by atoms with E-state index in [0.29, 0.717) is 17.9 Å². The van der Waals surface area contributed by atoms with Crippen LogP contribution < -0.4 is 0 Å². The number of Topliss-reactive ketones (excluding diaryl/α,β-unsaturated/α-hetero) is 1. The van der Waals surface area contributed by atoms with Gasteiger partial charge >= 0.3 is 0 Å². The van der Waals surface area contributed by atoms with E-state index in [-0.39, 0.29) is 5.78 Å². The van der Waals surface area contributed by atoms with Gasteiger partial charge in [0.15, 0.2) is 0 Å². The van der Waals surface area contributed by atoms with Gasteiger partial charge in [0.25, 0.3) is 0 Å². The summed E-state index contributed by atoms with van der Waals surface area (Å²) in [5.41, 5.74) is 3.32. The molecule has 0 aliphatic rings. The standard InChI is InChI=1S/C16H16ClNO/c1-12-4-2-3-5-13(12)6-7-15(19)10-14-8-9-18-11-16(14)17/h2-5,8-9,11H,6-7,10H2,1H3. The lowest BCUT2D eigenvalue weighted by Crippen LogP contribution is -2.05. The molecular weight excluding hydrogens is 258 g/mol. The highest BCUT2D eigenvalue weighted by Crippen LogP contribution is 2.16. The van der Waals surface area contributed by atoms with Gasteiger partial charge in [-0.1, -0.05) is 35.9 Å². The lowest BCUT2D eigenvalue weighted by molar-refractivity contribution is -0.118. The van der Waals surface area contributed by atoms with Crippen molar-refractivity contribution in [2.24, 2.45) is 0 Å². The third-order valence-corrected chi connectivity index (χ3v) is 3.52. The molecule has 1 heterocycles. The summed E-state index contributed by atoms with van der Waals surface area (Å²) in [5, 5.41) is 0.562. The van der Waals surface area contributed by atoms with Crippen LogP contribution >= 0.6 is 11.6 Å². The molecule has 0 fully saturated rings. The van der Waals surface area contributed by atoms with Crippen molar-refractivity contribution in [1.82, 2.24) is 4.98 Å². The molecule has 1 aromatic heterocycles. The smallest absolute Gasteiger partial charge is 0.137 e. The zero-order valence-electron chi connectivity index (χ0n) is 10.9. The Balaban J connectivity index is 1.92. The van der Waals surface area contributed by atoms with Crippen LogP contribution in [0, 0.1) is 6.92 Å². The van der Waals surface area contributed by atoms with E-state index in [0.717, 1.165) is 12.0 Å². The molecule has 0 saturated carbocycles. The van der Waals surface area contributed by atoms with Crippen LogP contribution in [0.15, 0.2) is 42.7 Å². The quantitative estimate of drug-likeness (QED) is 0.830. The molecule has 0 amide bonds. The minimum atomic E-state index is 0.205. The summed E-state index contributed by atoms with van der Waals surface area (Å²) >= 11 is 6.00. The highest BCUT2D eigenvalue weighted by Gasteiger charge is 2.08. The average molecular weight is 274 g/mol. The first-order valence-electron chi connectivity index (χ1n) is 6.31. The van der Waals surface area contributed by atoms with Crippen LogP contribution in [-0.2, 0) is 17.6 Å². The van der Waals surface area contributed by atoms with Crippen LogP contribution in [0.1, 0.15) is 23.1 Å². The second-order valence-corrected chi connectivity index (χ2v) is 5.02. The summed E-state index contributed by atoms with van der Waals surface area (Å²) in [5.74, 6) is 0.205. The number of ketones is 1. The molecule has 0 N–H and O–H groups in total. The highest BCUT2D eigenvalue weighted by molar-refractivity contribution is 6.31. The number of pyridine rings is 1. The second kappa shape index (κ2) is 6.48. The lowest BCUT2D eigenvalue weighted by Gasteiger charge is -2.06. The van der Waals surface area contributed by atoms with Crippen LogP contribution in [-0.4, -0.2) is 10.8 Å². The van der Waals surface area contributed by atoms with Crippen molar-refractivity contribution >= 4 is 17.4 Å². The Morgan fingerprint density at radius 1 is 1.21 bits per heavy atom. The predicted molar refractivity (Wildman–Crippen MR) is 77.5 cm³/mol. The lowest BCUT2D eigenvalue weighted by atomic mass is 10.0. The topological polar surface area (TPSA) is 30.0 Å². The fourth-order valence-electron chi connectivity index (χ4n) is 2.01. The number of halogens is 1. The average Bonchev–Trinajstić information content (AvgIpc) is 2.40. The summed E-state index contributed by atoms with van der Waals surface area (Å²) in [6.07, 6.45) is 4.95. The summed E-state index contributed by atoms with van der Waals surface area (Å²) < 4.78 is 0. The van der Waals surface area contributed by atoms with Crippen LogP contribution in [0.3, 0.4) is 0 Å². The molecule has 19 heavy (non-hydrogen) atoms. The Kier molecular flexibility index (Phi) is 4.69. The van der Waals surface area contributed by atoms with E-state index >= 15 is 0 Å². The molecule has 3 heteroatoms. The first kappa shape index (κ1) is 13.8. The summed E-state index contributed by atoms with van der Waals surface area (Å²) in [7, 11) is 0. The summed E-state index contributed by atoms with van der Waals surface area (Å²) in [6.45, 7) is 2.07. The first-order chi connectivity index (χ1) is 9.16. The van der Waals surface area contributed by atoms with Gasteiger partial charge in [-0.2, -0.15) is 0 Å². The van der Waals surface area contributed by atoms with Crippen molar-refractivity contribution in [2.75, 3.05) is 0 Å². The number of benzene rings is 1. The summed E-state index contributed by atoms with van der Waals surface area (Å²) in [6, 6.07) is 9.96. The first-order valence-corrected chi connectivity index (χ1v) is 6.69. The van der Waals surface area contributed by atoms with E-state index < -0.39 is 0 Å². The number of rotatable bonds is 5. The minimum absolute atomic E-state index is 0.205. The Labute approximate surface area is 118 Å². The number of carbonyl (C=O) groups is 1. The number of hydrogen-bond donors (Lipinski definition) is 0. The highest BCUT2D eigenvalue weighted by atomic mass is 35.5. The van der Waals surface area contributed by atoms with Gasteiger partial charge in [0.05, 0.1) is 5.02 Å². The Hall–Kier alpha value is -1.67. The normalized spacial score (nSPS) is 10.4.